The summed E-state index contributed by atoms with van der Waals surface area (Å²) in [5.74, 6) is 0. The van der Waals surface area contributed by atoms with Crippen LogP contribution in [0.5, 0.6) is 0 Å². The summed E-state index contributed by atoms with van der Waals surface area (Å²) in [6, 6.07) is 2.12. The maximum absolute atomic E-state index is 12.7. The van der Waals surface area contributed by atoms with Gasteiger partial charge in [-0.3, -0.25) is 15.0 Å². The number of carbonyl (C=O) groups is 1. The van der Waals surface area contributed by atoms with Gasteiger partial charge in [-0.2, -0.15) is 13.2 Å². The zero-order chi connectivity index (χ0) is 17.2. The summed E-state index contributed by atoms with van der Waals surface area (Å²) in [4.78, 5) is 22.4. The number of nitro benzene ring substituents is 1. The first-order valence-corrected chi connectivity index (χ1v) is 6.82. The van der Waals surface area contributed by atoms with Gasteiger partial charge in [0.1, 0.15) is 11.9 Å². The average Bonchev–Trinajstić information content (AvgIpc) is 2.46. The molecule has 0 bridgehead atoms. The highest BCUT2D eigenvalue weighted by Gasteiger charge is 2.34. The third-order valence-electron chi connectivity index (χ3n) is 3.59. The first-order valence-electron chi connectivity index (χ1n) is 6.82. The van der Waals surface area contributed by atoms with Crippen LogP contribution >= 0.6 is 0 Å². The zero-order valence-corrected chi connectivity index (χ0v) is 11.8. The Labute approximate surface area is 128 Å². The number of nitro groups is 1. The number of hydrogen-bond donors (Lipinski definition) is 2. The van der Waals surface area contributed by atoms with Crippen molar-refractivity contribution in [3.05, 3.63) is 33.9 Å². The second-order valence-electron chi connectivity index (χ2n) is 5.12. The van der Waals surface area contributed by atoms with Crippen LogP contribution in [-0.4, -0.2) is 33.7 Å². The van der Waals surface area contributed by atoms with Crippen molar-refractivity contribution in [1.82, 2.24) is 4.90 Å². The van der Waals surface area contributed by atoms with Crippen molar-refractivity contribution in [2.75, 3.05) is 11.9 Å². The Morgan fingerprint density at radius 2 is 2.09 bits per heavy atom. The molecule has 1 aromatic carbocycles. The van der Waals surface area contributed by atoms with Gasteiger partial charge in [-0.15, -0.1) is 0 Å². The Balaban J connectivity index is 2.31. The monoisotopic (exact) mass is 333 g/mol. The molecule has 0 radical (unpaired) electrons. The van der Waals surface area contributed by atoms with Crippen LogP contribution in [0.4, 0.5) is 29.3 Å². The van der Waals surface area contributed by atoms with Crippen molar-refractivity contribution in [2.24, 2.45) is 0 Å². The van der Waals surface area contributed by atoms with Crippen molar-refractivity contribution in [1.29, 1.82) is 0 Å². The number of anilines is 1. The minimum Gasteiger partial charge on any atom is -0.465 e. The predicted octanol–water partition coefficient (Wildman–Crippen LogP) is 3.52. The number of nitrogens with zero attached hydrogens (tertiary/aromatic N) is 2. The molecule has 1 heterocycles. The molecule has 10 heteroatoms. The summed E-state index contributed by atoms with van der Waals surface area (Å²) in [5.41, 5.74) is -2.01. The van der Waals surface area contributed by atoms with Crippen molar-refractivity contribution in [3.63, 3.8) is 0 Å². The molecular formula is C13H14F3N3O4. The van der Waals surface area contributed by atoms with Crippen LogP contribution in [0.1, 0.15) is 24.8 Å². The number of amides is 1. The van der Waals surface area contributed by atoms with Crippen LogP contribution in [0.3, 0.4) is 0 Å². The number of benzene rings is 1. The van der Waals surface area contributed by atoms with Crippen LogP contribution in [0, 0.1) is 10.1 Å². The first kappa shape index (κ1) is 16.8. The van der Waals surface area contributed by atoms with Gasteiger partial charge in [0.15, 0.2) is 0 Å². The Bertz CT molecular complexity index is 621. The molecule has 1 atom stereocenters. The fourth-order valence-electron chi connectivity index (χ4n) is 2.47. The average molecular weight is 333 g/mol. The molecule has 1 aromatic rings. The maximum Gasteiger partial charge on any atom is 0.416 e. The molecule has 1 aliphatic heterocycles. The van der Waals surface area contributed by atoms with Crippen molar-refractivity contribution < 1.29 is 28.0 Å². The van der Waals surface area contributed by atoms with E-state index in [0.717, 1.165) is 23.5 Å². The molecule has 1 aliphatic rings. The molecule has 0 aliphatic carbocycles. The highest BCUT2D eigenvalue weighted by Crippen LogP contribution is 2.35. The molecule has 0 spiro atoms. The van der Waals surface area contributed by atoms with E-state index >= 15 is 0 Å². The van der Waals surface area contributed by atoms with Crippen LogP contribution in [0.15, 0.2) is 18.2 Å². The summed E-state index contributed by atoms with van der Waals surface area (Å²) in [7, 11) is 0. The Morgan fingerprint density at radius 3 is 2.65 bits per heavy atom. The Hall–Kier alpha value is -2.52. The lowest BCUT2D eigenvalue weighted by atomic mass is 10.1. The number of likely N-dealkylation sites (tertiary alicyclic amines) is 1. The van der Waals surface area contributed by atoms with Crippen LogP contribution < -0.4 is 5.32 Å². The summed E-state index contributed by atoms with van der Waals surface area (Å²) in [6.07, 6.45) is -4.78. The minimum absolute atomic E-state index is 0.138. The lowest BCUT2D eigenvalue weighted by Gasteiger charge is -2.34. The number of hydrogen-bond acceptors (Lipinski definition) is 4. The van der Waals surface area contributed by atoms with E-state index in [1.54, 1.807) is 0 Å². The zero-order valence-electron chi connectivity index (χ0n) is 11.8. The lowest BCUT2D eigenvalue weighted by molar-refractivity contribution is -0.384. The lowest BCUT2D eigenvalue weighted by Crippen LogP contribution is -2.47. The van der Waals surface area contributed by atoms with Gasteiger partial charge in [-0.1, -0.05) is 0 Å². The van der Waals surface area contributed by atoms with Gasteiger partial charge < -0.3 is 10.4 Å². The summed E-state index contributed by atoms with van der Waals surface area (Å²) in [5, 5.41) is 22.8. The quantitative estimate of drug-likeness (QED) is 0.652. The summed E-state index contributed by atoms with van der Waals surface area (Å²) in [6.45, 7) is 0.265. The fourth-order valence-corrected chi connectivity index (χ4v) is 2.47. The molecule has 1 amide bonds. The van der Waals surface area contributed by atoms with E-state index in [9.17, 15) is 28.1 Å². The summed E-state index contributed by atoms with van der Waals surface area (Å²) < 4.78 is 38.0. The van der Waals surface area contributed by atoms with Gasteiger partial charge in [0, 0.05) is 12.6 Å². The molecule has 2 N–H and O–H groups in total. The largest absolute Gasteiger partial charge is 0.465 e. The number of rotatable bonds is 3. The molecule has 1 unspecified atom stereocenters. The number of piperidine rings is 1. The van der Waals surface area contributed by atoms with Gasteiger partial charge in [-0.25, -0.2) is 4.79 Å². The van der Waals surface area contributed by atoms with E-state index in [1.807, 2.05) is 0 Å². The van der Waals surface area contributed by atoms with Gasteiger partial charge in [0.25, 0.3) is 5.69 Å². The second-order valence-corrected chi connectivity index (χ2v) is 5.12. The first-order chi connectivity index (χ1) is 10.7. The van der Waals surface area contributed by atoms with Crippen molar-refractivity contribution in [2.45, 2.75) is 31.6 Å². The second kappa shape index (κ2) is 6.31. The highest BCUT2D eigenvalue weighted by atomic mass is 19.4. The van der Waals surface area contributed by atoms with E-state index in [1.165, 1.54) is 0 Å². The number of alkyl halides is 3. The van der Waals surface area contributed by atoms with Crippen LogP contribution in [0.25, 0.3) is 0 Å². The standard InChI is InChI=1S/C13H14F3N3O4/c14-13(15,16)8-4-5-9(10(7-8)19(22)23)17-11-3-1-2-6-18(11)12(20)21/h4-5,7,11,17H,1-3,6H2,(H,20,21). The molecule has 1 saturated heterocycles. The molecule has 7 nitrogen and oxygen atoms in total. The topological polar surface area (TPSA) is 95.7 Å². The van der Waals surface area contributed by atoms with Gasteiger partial charge in [-0.05, 0) is 31.4 Å². The van der Waals surface area contributed by atoms with Gasteiger partial charge >= 0.3 is 12.3 Å². The normalized spacial score (nSPS) is 18.6. The fraction of sp³-hybridized carbons (Fsp3) is 0.462. The van der Waals surface area contributed by atoms with Gasteiger partial charge in [0.2, 0.25) is 0 Å². The highest BCUT2D eigenvalue weighted by molar-refractivity contribution is 5.68. The molecule has 2 rings (SSSR count). The van der Waals surface area contributed by atoms with Crippen LogP contribution in [0.2, 0.25) is 0 Å². The number of carboxylic acid groups (broad SMARTS) is 1. The van der Waals surface area contributed by atoms with E-state index in [4.69, 9.17) is 5.11 Å². The van der Waals surface area contributed by atoms with Crippen LogP contribution in [-0.2, 0) is 6.18 Å². The molecule has 23 heavy (non-hydrogen) atoms. The van der Waals surface area contributed by atoms with E-state index in [-0.39, 0.29) is 12.2 Å². The molecule has 0 saturated carbocycles. The number of halogens is 3. The molecule has 0 aromatic heterocycles. The van der Waals surface area contributed by atoms with E-state index in [0.29, 0.717) is 18.9 Å². The van der Waals surface area contributed by atoms with Crippen molar-refractivity contribution >= 4 is 17.5 Å². The molecule has 126 valence electrons. The van der Waals surface area contributed by atoms with Crippen molar-refractivity contribution in [3.8, 4) is 0 Å². The number of nitrogens with one attached hydrogen (secondary N) is 1. The predicted molar refractivity (Wildman–Crippen MR) is 74.1 cm³/mol. The third kappa shape index (κ3) is 3.82. The van der Waals surface area contributed by atoms with E-state index in [2.05, 4.69) is 5.32 Å². The van der Waals surface area contributed by atoms with Gasteiger partial charge in [0.05, 0.1) is 10.5 Å². The third-order valence-corrected chi connectivity index (χ3v) is 3.59. The Morgan fingerprint density at radius 1 is 1.39 bits per heavy atom. The summed E-state index contributed by atoms with van der Waals surface area (Å²) >= 11 is 0. The minimum atomic E-state index is -4.69. The SMILES string of the molecule is O=C(O)N1CCCCC1Nc1ccc(C(F)(F)F)cc1[N+](=O)[O-]. The smallest absolute Gasteiger partial charge is 0.416 e. The van der Waals surface area contributed by atoms with E-state index < -0.39 is 34.6 Å². The molecular weight excluding hydrogens is 319 g/mol. The Kier molecular flexibility index (Phi) is 4.62. The molecule has 1 fully saturated rings. The maximum atomic E-state index is 12.7.